The molecule has 0 saturated heterocycles. The van der Waals surface area contributed by atoms with Crippen molar-refractivity contribution in [3.05, 3.63) is 48.6 Å². The molecular formula is C15H18O3. The lowest BCUT2D eigenvalue weighted by Gasteiger charge is -2.08. The number of ether oxygens (including phenoxy) is 2. The van der Waals surface area contributed by atoms with Crippen LogP contribution in [0.1, 0.15) is 19.8 Å². The van der Waals surface area contributed by atoms with Gasteiger partial charge in [-0.05, 0) is 31.9 Å². The van der Waals surface area contributed by atoms with Gasteiger partial charge in [-0.2, -0.15) is 0 Å². The number of carbonyl (C=O) groups is 1. The van der Waals surface area contributed by atoms with Crippen LogP contribution in [0.25, 0.3) is 0 Å². The van der Waals surface area contributed by atoms with Gasteiger partial charge in [0.15, 0.2) is 11.5 Å². The second-order valence-corrected chi connectivity index (χ2v) is 3.79. The largest absolute Gasteiger partial charge is 0.493 e. The molecule has 0 bridgehead atoms. The Hall–Kier alpha value is -2.03. The molecule has 0 N–H and O–H groups in total. The number of allylic oxidation sites excluding steroid dienone is 2. The highest BCUT2D eigenvalue weighted by molar-refractivity contribution is 5.89. The van der Waals surface area contributed by atoms with Crippen LogP contribution in [0.3, 0.4) is 0 Å². The molecule has 1 aromatic carbocycles. The molecular weight excluding hydrogens is 228 g/mol. The van der Waals surface area contributed by atoms with Gasteiger partial charge in [0.05, 0.1) is 7.11 Å². The predicted molar refractivity (Wildman–Crippen MR) is 71.8 cm³/mol. The maximum Gasteiger partial charge on any atom is 0.338 e. The number of benzene rings is 1. The lowest BCUT2D eigenvalue weighted by molar-refractivity contribution is -0.130. The van der Waals surface area contributed by atoms with E-state index in [4.69, 9.17) is 9.47 Å². The van der Waals surface area contributed by atoms with Crippen molar-refractivity contribution in [2.45, 2.75) is 19.8 Å². The molecule has 0 atom stereocenters. The Morgan fingerprint density at radius 3 is 2.56 bits per heavy atom. The van der Waals surface area contributed by atoms with Gasteiger partial charge in [-0.1, -0.05) is 24.3 Å². The first-order valence-corrected chi connectivity index (χ1v) is 5.82. The first-order chi connectivity index (χ1) is 8.69. The van der Waals surface area contributed by atoms with Crippen molar-refractivity contribution >= 4 is 5.97 Å². The summed E-state index contributed by atoms with van der Waals surface area (Å²) in [5.41, 5.74) is 0.586. The minimum Gasteiger partial charge on any atom is -0.493 e. The van der Waals surface area contributed by atoms with Gasteiger partial charge in [0.1, 0.15) is 0 Å². The van der Waals surface area contributed by atoms with E-state index in [1.807, 2.05) is 18.2 Å². The van der Waals surface area contributed by atoms with Crippen LogP contribution in [-0.4, -0.2) is 13.1 Å². The van der Waals surface area contributed by atoms with Crippen molar-refractivity contribution in [3.63, 3.8) is 0 Å². The van der Waals surface area contributed by atoms with Crippen molar-refractivity contribution in [1.29, 1.82) is 0 Å². The third kappa shape index (κ3) is 4.09. The first kappa shape index (κ1) is 14.0. The van der Waals surface area contributed by atoms with Gasteiger partial charge >= 0.3 is 5.97 Å². The van der Waals surface area contributed by atoms with E-state index in [1.54, 1.807) is 32.2 Å². The lowest BCUT2D eigenvalue weighted by Crippen LogP contribution is -2.09. The normalized spacial score (nSPS) is 10.9. The fourth-order valence-electron chi connectivity index (χ4n) is 1.38. The van der Waals surface area contributed by atoms with Gasteiger partial charge in [-0.15, -0.1) is 6.58 Å². The van der Waals surface area contributed by atoms with Crippen LogP contribution in [0.4, 0.5) is 0 Å². The number of methoxy groups -OCH3 is 1. The average molecular weight is 246 g/mol. The summed E-state index contributed by atoms with van der Waals surface area (Å²) < 4.78 is 10.4. The summed E-state index contributed by atoms with van der Waals surface area (Å²) in [5.74, 6) is 0.620. The maximum absolute atomic E-state index is 11.8. The van der Waals surface area contributed by atoms with Gasteiger partial charge in [-0.3, -0.25) is 0 Å². The van der Waals surface area contributed by atoms with Crippen molar-refractivity contribution in [3.8, 4) is 11.5 Å². The smallest absolute Gasteiger partial charge is 0.338 e. The summed E-state index contributed by atoms with van der Waals surface area (Å²) in [5, 5.41) is 0. The van der Waals surface area contributed by atoms with E-state index in [9.17, 15) is 4.79 Å². The van der Waals surface area contributed by atoms with E-state index in [0.717, 1.165) is 12.8 Å². The lowest BCUT2D eigenvalue weighted by atomic mass is 10.2. The Labute approximate surface area is 108 Å². The van der Waals surface area contributed by atoms with Crippen molar-refractivity contribution in [1.82, 2.24) is 0 Å². The molecule has 1 aromatic rings. The molecule has 0 aliphatic carbocycles. The highest BCUT2D eigenvalue weighted by atomic mass is 16.6. The summed E-state index contributed by atoms with van der Waals surface area (Å²) in [7, 11) is 1.54. The molecule has 0 aliphatic heterocycles. The van der Waals surface area contributed by atoms with Gasteiger partial charge in [0, 0.05) is 5.57 Å². The van der Waals surface area contributed by atoms with Gasteiger partial charge in [-0.25, -0.2) is 4.79 Å². The molecule has 3 heteroatoms. The number of carbonyl (C=O) groups excluding carboxylic acids is 1. The first-order valence-electron chi connectivity index (χ1n) is 5.82. The molecule has 0 amide bonds. The van der Waals surface area contributed by atoms with E-state index >= 15 is 0 Å². The van der Waals surface area contributed by atoms with Crippen LogP contribution in [0, 0.1) is 0 Å². The van der Waals surface area contributed by atoms with Crippen molar-refractivity contribution < 1.29 is 14.3 Å². The quantitative estimate of drug-likeness (QED) is 0.253. The molecule has 96 valence electrons. The van der Waals surface area contributed by atoms with E-state index in [2.05, 4.69) is 6.58 Å². The number of unbranched alkanes of at least 4 members (excludes halogenated alkanes) is 1. The molecule has 1 rings (SSSR count). The third-order valence-corrected chi connectivity index (χ3v) is 2.42. The summed E-state index contributed by atoms with van der Waals surface area (Å²) in [4.78, 5) is 11.8. The fraction of sp³-hybridized carbons (Fsp3) is 0.267. The summed E-state index contributed by atoms with van der Waals surface area (Å²) in [6.45, 7) is 5.37. The average Bonchev–Trinajstić information content (AvgIpc) is 2.39. The minimum atomic E-state index is -0.358. The zero-order valence-corrected chi connectivity index (χ0v) is 10.8. The fourth-order valence-corrected chi connectivity index (χ4v) is 1.38. The number of rotatable bonds is 6. The Morgan fingerprint density at radius 1 is 1.28 bits per heavy atom. The number of hydrogen-bond acceptors (Lipinski definition) is 3. The molecule has 0 radical (unpaired) electrons. The SMILES string of the molecule is C=CCC/C=C(\C)C(=O)Oc1ccccc1OC. The van der Waals surface area contributed by atoms with Crippen molar-refractivity contribution in [2.24, 2.45) is 0 Å². The molecule has 0 heterocycles. The molecule has 0 spiro atoms. The molecule has 0 fully saturated rings. The summed E-state index contributed by atoms with van der Waals surface area (Å²) >= 11 is 0. The van der Waals surface area contributed by atoms with E-state index in [0.29, 0.717) is 17.1 Å². The van der Waals surface area contributed by atoms with Crippen LogP contribution < -0.4 is 9.47 Å². The molecule has 0 aromatic heterocycles. The highest BCUT2D eigenvalue weighted by Crippen LogP contribution is 2.26. The molecule has 0 unspecified atom stereocenters. The highest BCUT2D eigenvalue weighted by Gasteiger charge is 2.10. The van der Waals surface area contributed by atoms with Crippen LogP contribution in [-0.2, 0) is 4.79 Å². The third-order valence-electron chi connectivity index (χ3n) is 2.42. The van der Waals surface area contributed by atoms with Gasteiger partial charge in [0.2, 0.25) is 0 Å². The van der Waals surface area contributed by atoms with E-state index < -0.39 is 0 Å². The summed E-state index contributed by atoms with van der Waals surface area (Å²) in [6.07, 6.45) is 5.30. The monoisotopic (exact) mass is 246 g/mol. The Kier molecular flexibility index (Phi) is 5.71. The number of para-hydroxylation sites is 2. The number of esters is 1. The predicted octanol–water partition coefficient (Wildman–Crippen LogP) is 3.51. The van der Waals surface area contributed by atoms with Gasteiger partial charge in [0.25, 0.3) is 0 Å². The zero-order valence-electron chi connectivity index (χ0n) is 10.8. The van der Waals surface area contributed by atoms with Crippen LogP contribution in [0.5, 0.6) is 11.5 Å². The zero-order chi connectivity index (χ0) is 13.4. The van der Waals surface area contributed by atoms with Crippen molar-refractivity contribution in [2.75, 3.05) is 7.11 Å². The Morgan fingerprint density at radius 2 is 1.94 bits per heavy atom. The minimum absolute atomic E-state index is 0.358. The molecule has 3 nitrogen and oxygen atoms in total. The standard InChI is InChI=1S/C15H18O3/c1-4-5-6-9-12(2)15(16)18-14-11-8-7-10-13(14)17-3/h4,7-11H,1,5-6H2,2-3H3/b12-9+. The Bertz CT molecular complexity index is 447. The van der Waals surface area contributed by atoms with E-state index in [1.165, 1.54) is 0 Å². The van der Waals surface area contributed by atoms with Crippen LogP contribution in [0.2, 0.25) is 0 Å². The number of hydrogen-bond donors (Lipinski definition) is 0. The van der Waals surface area contributed by atoms with E-state index in [-0.39, 0.29) is 5.97 Å². The topological polar surface area (TPSA) is 35.5 Å². The molecule has 0 aliphatic rings. The summed E-state index contributed by atoms with van der Waals surface area (Å²) in [6, 6.07) is 7.07. The van der Waals surface area contributed by atoms with Crippen LogP contribution in [0.15, 0.2) is 48.6 Å². The second kappa shape index (κ2) is 7.33. The van der Waals surface area contributed by atoms with Crippen LogP contribution >= 0.6 is 0 Å². The maximum atomic E-state index is 11.8. The van der Waals surface area contributed by atoms with Gasteiger partial charge < -0.3 is 9.47 Å². The second-order valence-electron chi connectivity index (χ2n) is 3.79. The Balaban J connectivity index is 2.69. The molecule has 18 heavy (non-hydrogen) atoms. The molecule has 0 saturated carbocycles.